The first-order valence-corrected chi connectivity index (χ1v) is 5.72. The molecule has 15 heavy (non-hydrogen) atoms. The number of hydrogen-bond acceptors (Lipinski definition) is 3. The molecule has 76 valence electrons. The van der Waals surface area contributed by atoms with Gasteiger partial charge in [0.1, 0.15) is 0 Å². The first-order valence-electron chi connectivity index (χ1n) is 4.84. The highest BCUT2D eigenvalue weighted by Gasteiger charge is 2.09. The van der Waals surface area contributed by atoms with Gasteiger partial charge in [0.05, 0.1) is 22.4 Å². The Labute approximate surface area is 92.5 Å². The zero-order chi connectivity index (χ0) is 10.7. The first-order chi connectivity index (χ1) is 7.33. The lowest BCUT2D eigenvalue weighted by Gasteiger charge is -2.00. The van der Waals surface area contributed by atoms with Crippen molar-refractivity contribution in [3.8, 4) is 6.07 Å². The maximum atomic E-state index is 8.85. The second-order valence-corrected chi connectivity index (χ2v) is 4.39. The van der Waals surface area contributed by atoms with E-state index in [9.17, 15) is 0 Å². The second-order valence-electron chi connectivity index (χ2n) is 3.20. The van der Waals surface area contributed by atoms with Crippen molar-refractivity contribution in [2.75, 3.05) is 0 Å². The van der Waals surface area contributed by atoms with Gasteiger partial charge in [-0.1, -0.05) is 30.8 Å². The SMILES string of the molecule is CCC(C#N)Sc1nc2ccccc2[nH]1. The minimum absolute atomic E-state index is 0.0226. The molecule has 0 fully saturated rings. The molecule has 1 aromatic carbocycles. The topological polar surface area (TPSA) is 52.5 Å². The van der Waals surface area contributed by atoms with Crippen LogP contribution in [0, 0.1) is 11.3 Å². The molecular weight excluding hydrogens is 206 g/mol. The molecule has 0 aliphatic rings. The molecular formula is C11H11N3S. The van der Waals surface area contributed by atoms with Crippen LogP contribution in [0.1, 0.15) is 13.3 Å². The van der Waals surface area contributed by atoms with E-state index in [2.05, 4.69) is 16.0 Å². The summed E-state index contributed by atoms with van der Waals surface area (Å²) in [5.74, 6) is 0. The Morgan fingerprint density at radius 3 is 3.00 bits per heavy atom. The van der Waals surface area contributed by atoms with Gasteiger partial charge in [0.25, 0.3) is 0 Å². The van der Waals surface area contributed by atoms with E-state index in [0.29, 0.717) is 0 Å². The molecule has 0 radical (unpaired) electrons. The molecule has 4 heteroatoms. The maximum absolute atomic E-state index is 8.85. The third-order valence-corrected chi connectivity index (χ3v) is 3.28. The Bertz CT molecular complexity index is 465. The average molecular weight is 217 g/mol. The summed E-state index contributed by atoms with van der Waals surface area (Å²) in [7, 11) is 0. The van der Waals surface area contributed by atoms with Gasteiger partial charge in [0.2, 0.25) is 0 Å². The molecule has 0 aliphatic heterocycles. The summed E-state index contributed by atoms with van der Waals surface area (Å²) in [6.45, 7) is 2.00. The molecule has 1 aromatic heterocycles. The molecule has 1 atom stereocenters. The Kier molecular flexibility index (Phi) is 2.93. The summed E-state index contributed by atoms with van der Waals surface area (Å²) < 4.78 is 0. The Morgan fingerprint density at radius 1 is 1.53 bits per heavy atom. The fourth-order valence-corrected chi connectivity index (χ4v) is 2.13. The molecule has 0 saturated carbocycles. The number of aromatic amines is 1. The lowest BCUT2D eigenvalue weighted by atomic mass is 10.3. The summed E-state index contributed by atoms with van der Waals surface area (Å²) in [6.07, 6.45) is 0.832. The second kappa shape index (κ2) is 4.37. The van der Waals surface area contributed by atoms with Crippen molar-refractivity contribution in [2.45, 2.75) is 23.8 Å². The van der Waals surface area contributed by atoms with E-state index in [-0.39, 0.29) is 5.25 Å². The fraction of sp³-hybridized carbons (Fsp3) is 0.273. The quantitative estimate of drug-likeness (QED) is 0.804. The van der Waals surface area contributed by atoms with Crippen molar-refractivity contribution >= 4 is 22.8 Å². The molecule has 0 aliphatic carbocycles. The number of nitrogens with one attached hydrogen (secondary N) is 1. The van der Waals surface area contributed by atoms with Crippen LogP contribution < -0.4 is 0 Å². The lowest BCUT2D eigenvalue weighted by molar-refractivity contribution is 0.969. The predicted molar refractivity (Wildman–Crippen MR) is 61.6 cm³/mol. The molecule has 1 unspecified atom stereocenters. The lowest BCUT2D eigenvalue weighted by Crippen LogP contribution is -1.95. The zero-order valence-corrected chi connectivity index (χ0v) is 9.21. The van der Waals surface area contributed by atoms with E-state index >= 15 is 0 Å². The molecule has 0 saturated heterocycles. The van der Waals surface area contributed by atoms with Gasteiger partial charge >= 0.3 is 0 Å². The highest BCUT2D eigenvalue weighted by molar-refractivity contribution is 8.00. The molecule has 1 N–H and O–H groups in total. The minimum atomic E-state index is -0.0226. The number of hydrogen-bond donors (Lipinski definition) is 1. The maximum Gasteiger partial charge on any atom is 0.167 e. The van der Waals surface area contributed by atoms with Crippen LogP contribution in [0.5, 0.6) is 0 Å². The third kappa shape index (κ3) is 2.13. The number of para-hydroxylation sites is 2. The van der Waals surface area contributed by atoms with Crippen molar-refractivity contribution in [3.63, 3.8) is 0 Å². The van der Waals surface area contributed by atoms with Gasteiger partial charge in [-0.05, 0) is 18.6 Å². The van der Waals surface area contributed by atoms with Gasteiger partial charge in [-0.3, -0.25) is 0 Å². The van der Waals surface area contributed by atoms with E-state index < -0.39 is 0 Å². The molecule has 0 amide bonds. The third-order valence-electron chi connectivity index (χ3n) is 2.14. The van der Waals surface area contributed by atoms with Crippen LogP contribution >= 0.6 is 11.8 Å². The van der Waals surface area contributed by atoms with Gasteiger partial charge in [0.15, 0.2) is 5.16 Å². The summed E-state index contributed by atoms with van der Waals surface area (Å²) in [4.78, 5) is 7.60. The number of nitrogens with zero attached hydrogens (tertiary/aromatic N) is 2. The number of thioether (sulfide) groups is 1. The molecule has 2 aromatic rings. The summed E-state index contributed by atoms with van der Waals surface area (Å²) in [5.41, 5.74) is 1.97. The molecule has 2 rings (SSSR count). The van der Waals surface area contributed by atoms with E-state index in [1.165, 1.54) is 11.8 Å². The monoisotopic (exact) mass is 217 g/mol. The number of fused-ring (bicyclic) bond motifs is 1. The molecule has 1 heterocycles. The van der Waals surface area contributed by atoms with Gasteiger partial charge in [0, 0.05) is 0 Å². The van der Waals surface area contributed by atoms with Crippen LogP contribution in [0.3, 0.4) is 0 Å². The molecule has 3 nitrogen and oxygen atoms in total. The Hall–Kier alpha value is -1.47. The highest BCUT2D eigenvalue weighted by Crippen LogP contribution is 2.24. The van der Waals surface area contributed by atoms with Crippen molar-refractivity contribution in [2.24, 2.45) is 0 Å². The van der Waals surface area contributed by atoms with Crippen LogP contribution in [0.25, 0.3) is 11.0 Å². The number of H-pyrrole nitrogens is 1. The van der Waals surface area contributed by atoms with Gasteiger partial charge in [-0.25, -0.2) is 4.98 Å². The standard InChI is InChI=1S/C11H11N3S/c1-2-8(7-12)15-11-13-9-5-3-4-6-10(9)14-11/h3-6,8H,2H2,1H3,(H,13,14). The van der Waals surface area contributed by atoms with Crippen molar-refractivity contribution in [3.05, 3.63) is 24.3 Å². The average Bonchev–Trinajstić information content (AvgIpc) is 2.68. The summed E-state index contributed by atoms with van der Waals surface area (Å²) in [6, 6.07) is 10.1. The number of aromatic nitrogens is 2. The number of nitriles is 1. The van der Waals surface area contributed by atoms with E-state index in [1.807, 2.05) is 31.2 Å². The number of rotatable bonds is 3. The van der Waals surface area contributed by atoms with E-state index in [1.54, 1.807) is 0 Å². The van der Waals surface area contributed by atoms with Crippen LogP contribution in [-0.4, -0.2) is 15.2 Å². The normalized spacial score (nSPS) is 12.5. The Morgan fingerprint density at radius 2 is 2.33 bits per heavy atom. The molecule has 0 bridgehead atoms. The Balaban J connectivity index is 2.26. The zero-order valence-electron chi connectivity index (χ0n) is 8.40. The smallest absolute Gasteiger partial charge is 0.167 e. The predicted octanol–water partition coefficient (Wildman–Crippen LogP) is 2.96. The fourth-order valence-electron chi connectivity index (χ4n) is 1.32. The van der Waals surface area contributed by atoms with Crippen molar-refractivity contribution < 1.29 is 0 Å². The van der Waals surface area contributed by atoms with E-state index in [4.69, 9.17) is 5.26 Å². The largest absolute Gasteiger partial charge is 0.333 e. The van der Waals surface area contributed by atoms with E-state index in [0.717, 1.165) is 22.6 Å². The van der Waals surface area contributed by atoms with Gasteiger partial charge < -0.3 is 4.98 Å². The minimum Gasteiger partial charge on any atom is -0.333 e. The number of imidazole rings is 1. The molecule has 0 spiro atoms. The van der Waals surface area contributed by atoms with Crippen LogP contribution in [-0.2, 0) is 0 Å². The highest BCUT2D eigenvalue weighted by atomic mass is 32.2. The van der Waals surface area contributed by atoms with Gasteiger partial charge in [-0.2, -0.15) is 5.26 Å². The summed E-state index contributed by atoms with van der Waals surface area (Å²) >= 11 is 1.49. The van der Waals surface area contributed by atoms with Crippen molar-refractivity contribution in [1.82, 2.24) is 9.97 Å². The van der Waals surface area contributed by atoms with Gasteiger partial charge in [-0.15, -0.1) is 0 Å². The van der Waals surface area contributed by atoms with Crippen LogP contribution in [0.2, 0.25) is 0 Å². The van der Waals surface area contributed by atoms with Crippen molar-refractivity contribution in [1.29, 1.82) is 5.26 Å². The first kappa shape index (κ1) is 10.1. The summed E-state index contributed by atoms with van der Waals surface area (Å²) in [5, 5.41) is 9.65. The van der Waals surface area contributed by atoms with Crippen LogP contribution in [0.15, 0.2) is 29.4 Å². The number of benzene rings is 1. The van der Waals surface area contributed by atoms with Crippen LogP contribution in [0.4, 0.5) is 0 Å².